The summed E-state index contributed by atoms with van der Waals surface area (Å²) in [5.41, 5.74) is 1.12. The van der Waals surface area contributed by atoms with Crippen molar-refractivity contribution in [2.24, 2.45) is 0 Å². The van der Waals surface area contributed by atoms with E-state index in [1.54, 1.807) is 6.33 Å². The molecule has 0 aliphatic carbocycles. The fourth-order valence-electron chi connectivity index (χ4n) is 3.28. The monoisotopic (exact) mass is 324 g/mol. The average Bonchev–Trinajstić information content (AvgIpc) is 2.58. The number of aromatic nitrogens is 2. The largest absolute Gasteiger partial charge is 0.379 e. The van der Waals surface area contributed by atoms with Crippen molar-refractivity contribution in [3.8, 4) is 0 Å². The molecule has 3 rings (SSSR count). The zero-order valence-electron chi connectivity index (χ0n) is 13.1. The molecule has 3 heterocycles. The fourth-order valence-corrected chi connectivity index (χ4v) is 3.50. The molecule has 2 fully saturated rings. The van der Waals surface area contributed by atoms with E-state index >= 15 is 0 Å². The fraction of sp³-hybridized carbons (Fsp3) is 0.750. The van der Waals surface area contributed by atoms with Gasteiger partial charge in [-0.15, -0.1) is 0 Å². The Morgan fingerprint density at radius 3 is 2.59 bits per heavy atom. The van der Waals surface area contributed by atoms with Gasteiger partial charge in [0.05, 0.1) is 13.2 Å². The number of rotatable bonds is 5. The molecule has 0 spiro atoms. The zero-order chi connectivity index (χ0) is 15.2. The van der Waals surface area contributed by atoms with E-state index in [9.17, 15) is 0 Å². The van der Waals surface area contributed by atoms with Crippen molar-refractivity contribution >= 4 is 17.4 Å². The topological polar surface area (TPSA) is 41.5 Å². The van der Waals surface area contributed by atoms with Crippen molar-refractivity contribution in [2.75, 3.05) is 50.8 Å². The number of nitrogens with zero attached hydrogens (tertiary/aromatic N) is 4. The van der Waals surface area contributed by atoms with Crippen molar-refractivity contribution in [1.82, 2.24) is 14.9 Å². The molecule has 0 aromatic carbocycles. The lowest BCUT2D eigenvalue weighted by Crippen LogP contribution is -2.37. The van der Waals surface area contributed by atoms with E-state index in [-0.39, 0.29) is 0 Å². The molecule has 5 nitrogen and oxygen atoms in total. The summed E-state index contributed by atoms with van der Waals surface area (Å²) in [6, 6.07) is 0. The summed E-state index contributed by atoms with van der Waals surface area (Å²) in [5.74, 6) is 1.06. The van der Waals surface area contributed by atoms with Crippen LogP contribution in [0.2, 0.25) is 5.15 Å². The minimum absolute atomic E-state index is 0.623. The second kappa shape index (κ2) is 8.09. The number of morpholine rings is 1. The zero-order valence-corrected chi connectivity index (χ0v) is 13.9. The molecule has 0 saturated carbocycles. The number of halogens is 1. The van der Waals surface area contributed by atoms with Gasteiger partial charge in [0.15, 0.2) is 0 Å². The molecule has 6 heteroatoms. The molecule has 2 saturated heterocycles. The van der Waals surface area contributed by atoms with Crippen LogP contribution < -0.4 is 4.90 Å². The molecule has 0 atom stereocenters. The summed E-state index contributed by atoms with van der Waals surface area (Å²) in [6.07, 6.45) is 7.44. The Morgan fingerprint density at radius 2 is 1.82 bits per heavy atom. The van der Waals surface area contributed by atoms with Crippen molar-refractivity contribution in [1.29, 1.82) is 0 Å². The first-order valence-corrected chi connectivity index (χ1v) is 8.77. The van der Waals surface area contributed by atoms with Gasteiger partial charge in [0.2, 0.25) is 0 Å². The van der Waals surface area contributed by atoms with Crippen molar-refractivity contribution < 1.29 is 4.74 Å². The second-order valence-electron chi connectivity index (χ2n) is 6.07. The van der Waals surface area contributed by atoms with Gasteiger partial charge >= 0.3 is 0 Å². The summed E-state index contributed by atoms with van der Waals surface area (Å²) >= 11 is 6.36. The van der Waals surface area contributed by atoms with Gasteiger partial charge in [-0.2, -0.15) is 0 Å². The SMILES string of the molecule is Clc1ncnc(N2CCCCC2)c1CCCN1CCOCC1. The molecule has 1 aromatic heterocycles. The van der Waals surface area contributed by atoms with E-state index in [0.29, 0.717) is 5.15 Å². The lowest BCUT2D eigenvalue weighted by Gasteiger charge is -2.30. The van der Waals surface area contributed by atoms with Crippen LogP contribution in [-0.4, -0.2) is 60.8 Å². The van der Waals surface area contributed by atoms with Gasteiger partial charge in [-0.3, -0.25) is 4.90 Å². The molecule has 2 aliphatic rings. The standard InChI is InChI=1S/C16H25ClN4O/c17-15-14(5-4-6-20-9-11-22-12-10-20)16(19-13-18-15)21-7-2-1-3-8-21/h13H,1-12H2. The third-order valence-electron chi connectivity index (χ3n) is 4.53. The van der Waals surface area contributed by atoms with Crippen LogP contribution in [0.5, 0.6) is 0 Å². The summed E-state index contributed by atoms with van der Waals surface area (Å²) in [4.78, 5) is 13.6. The highest BCUT2D eigenvalue weighted by molar-refractivity contribution is 6.30. The average molecular weight is 325 g/mol. The Kier molecular flexibility index (Phi) is 5.87. The highest BCUT2D eigenvalue weighted by Gasteiger charge is 2.19. The molecular weight excluding hydrogens is 300 g/mol. The van der Waals surface area contributed by atoms with E-state index in [1.807, 2.05) is 0 Å². The van der Waals surface area contributed by atoms with Crippen LogP contribution in [0.25, 0.3) is 0 Å². The lowest BCUT2D eigenvalue weighted by molar-refractivity contribution is 0.0374. The van der Waals surface area contributed by atoms with Crippen LogP contribution in [-0.2, 0) is 11.2 Å². The number of ether oxygens (including phenoxy) is 1. The number of hydrogen-bond donors (Lipinski definition) is 0. The van der Waals surface area contributed by atoms with Gasteiger partial charge in [-0.05, 0) is 38.6 Å². The first-order valence-electron chi connectivity index (χ1n) is 8.39. The highest BCUT2D eigenvalue weighted by Crippen LogP contribution is 2.27. The second-order valence-corrected chi connectivity index (χ2v) is 6.43. The molecule has 122 valence electrons. The molecule has 0 amide bonds. The van der Waals surface area contributed by atoms with Gasteiger partial charge in [-0.1, -0.05) is 11.6 Å². The highest BCUT2D eigenvalue weighted by atomic mass is 35.5. The summed E-state index contributed by atoms with van der Waals surface area (Å²) in [5, 5.41) is 0.623. The molecule has 0 unspecified atom stereocenters. The van der Waals surface area contributed by atoms with Crippen molar-refractivity contribution in [3.63, 3.8) is 0 Å². The summed E-state index contributed by atoms with van der Waals surface area (Å²) < 4.78 is 5.39. The van der Waals surface area contributed by atoms with Crippen LogP contribution >= 0.6 is 11.6 Å². The Morgan fingerprint density at radius 1 is 1.05 bits per heavy atom. The van der Waals surface area contributed by atoms with E-state index in [1.165, 1.54) is 19.3 Å². The predicted molar refractivity (Wildman–Crippen MR) is 88.7 cm³/mol. The predicted octanol–water partition coefficient (Wildman–Crippen LogP) is 2.39. The minimum Gasteiger partial charge on any atom is -0.379 e. The van der Waals surface area contributed by atoms with Crippen LogP contribution in [0, 0.1) is 0 Å². The van der Waals surface area contributed by atoms with Crippen LogP contribution in [0.3, 0.4) is 0 Å². The molecule has 2 aliphatic heterocycles. The van der Waals surface area contributed by atoms with Crippen molar-refractivity contribution in [2.45, 2.75) is 32.1 Å². The van der Waals surface area contributed by atoms with Crippen molar-refractivity contribution in [3.05, 3.63) is 17.0 Å². The third kappa shape index (κ3) is 4.09. The van der Waals surface area contributed by atoms with Gasteiger partial charge in [-0.25, -0.2) is 9.97 Å². The molecule has 1 aromatic rings. The number of anilines is 1. The smallest absolute Gasteiger partial charge is 0.137 e. The molecule has 22 heavy (non-hydrogen) atoms. The number of hydrogen-bond acceptors (Lipinski definition) is 5. The molecular formula is C16H25ClN4O. The Labute approximate surface area is 137 Å². The summed E-state index contributed by atoms with van der Waals surface area (Å²) in [7, 11) is 0. The van der Waals surface area contributed by atoms with Gasteiger partial charge < -0.3 is 9.64 Å². The number of piperidine rings is 1. The maximum atomic E-state index is 6.36. The van der Waals surface area contributed by atoms with E-state index in [2.05, 4.69) is 19.8 Å². The first kappa shape index (κ1) is 16.0. The van der Waals surface area contributed by atoms with Crippen LogP contribution in [0.1, 0.15) is 31.2 Å². The minimum atomic E-state index is 0.623. The van der Waals surface area contributed by atoms with E-state index < -0.39 is 0 Å². The quantitative estimate of drug-likeness (QED) is 0.778. The Hall–Kier alpha value is -0.910. The molecule has 0 bridgehead atoms. The summed E-state index contributed by atoms with van der Waals surface area (Å²) in [6.45, 7) is 7.06. The van der Waals surface area contributed by atoms with E-state index in [4.69, 9.17) is 16.3 Å². The Bertz CT molecular complexity index is 473. The molecule has 0 N–H and O–H groups in total. The van der Waals surface area contributed by atoms with Gasteiger partial charge in [0.25, 0.3) is 0 Å². The maximum absolute atomic E-state index is 6.36. The van der Waals surface area contributed by atoms with Crippen LogP contribution in [0.15, 0.2) is 6.33 Å². The van der Waals surface area contributed by atoms with Gasteiger partial charge in [0.1, 0.15) is 17.3 Å². The normalized spacial score (nSPS) is 20.3. The first-order chi connectivity index (χ1) is 10.8. The lowest BCUT2D eigenvalue weighted by atomic mass is 10.1. The third-order valence-corrected chi connectivity index (χ3v) is 4.86. The maximum Gasteiger partial charge on any atom is 0.137 e. The van der Waals surface area contributed by atoms with E-state index in [0.717, 1.165) is 70.2 Å². The van der Waals surface area contributed by atoms with Crippen LogP contribution in [0.4, 0.5) is 5.82 Å². The Balaban J connectivity index is 1.61. The molecule has 0 radical (unpaired) electrons. The van der Waals surface area contributed by atoms with Gasteiger partial charge in [0, 0.05) is 31.7 Å².